The molecule has 2 aromatic heterocycles. The van der Waals surface area contributed by atoms with E-state index in [9.17, 15) is 4.79 Å². The van der Waals surface area contributed by atoms with E-state index in [1.54, 1.807) is 11.1 Å². The molecule has 1 amide bonds. The van der Waals surface area contributed by atoms with Gasteiger partial charge in [0.1, 0.15) is 4.83 Å². The number of piperidine rings is 1. The van der Waals surface area contributed by atoms with E-state index in [0.717, 1.165) is 41.0 Å². The normalized spacial score (nSPS) is 19.2. The summed E-state index contributed by atoms with van der Waals surface area (Å²) in [6.45, 7) is 2.03. The SMILES string of the molecule is CN(C)C(=O)c1sc2ncccc2c1C1CCCNC1. The first-order chi connectivity index (χ1) is 9.68. The lowest BCUT2D eigenvalue weighted by Gasteiger charge is -2.24. The van der Waals surface area contributed by atoms with Crippen LogP contribution in [0, 0.1) is 0 Å². The first-order valence-electron chi connectivity index (χ1n) is 6.98. The number of nitrogens with zero attached hydrogens (tertiary/aromatic N) is 2. The number of hydrogen-bond acceptors (Lipinski definition) is 4. The maximum atomic E-state index is 12.5. The van der Waals surface area contributed by atoms with Crippen molar-refractivity contribution in [1.82, 2.24) is 15.2 Å². The number of hydrogen-bond donors (Lipinski definition) is 1. The zero-order valence-corrected chi connectivity index (χ0v) is 12.7. The van der Waals surface area contributed by atoms with E-state index in [1.807, 2.05) is 20.2 Å². The van der Waals surface area contributed by atoms with Gasteiger partial charge in [-0.15, -0.1) is 11.3 Å². The van der Waals surface area contributed by atoms with Crippen LogP contribution in [-0.4, -0.2) is 43.0 Å². The predicted molar refractivity (Wildman–Crippen MR) is 82.5 cm³/mol. The van der Waals surface area contributed by atoms with Gasteiger partial charge in [-0.1, -0.05) is 6.07 Å². The van der Waals surface area contributed by atoms with E-state index in [2.05, 4.69) is 16.4 Å². The molecule has 0 saturated carbocycles. The number of fused-ring (bicyclic) bond motifs is 1. The summed E-state index contributed by atoms with van der Waals surface area (Å²) in [5.74, 6) is 0.508. The van der Waals surface area contributed by atoms with Crippen molar-refractivity contribution in [2.45, 2.75) is 18.8 Å². The van der Waals surface area contributed by atoms with Crippen LogP contribution in [0.2, 0.25) is 0 Å². The van der Waals surface area contributed by atoms with Gasteiger partial charge in [-0.2, -0.15) is 0 Å². The van der Waals surface area contributed by atoms with Gasteiger partial charge in [0.25, 0.3) is 5.91 Å². The van der Waals surface area contributed by atoms with Crippen LogP contribution in [0.3, 0.4) is 0 Å². The average Bonchev–Trinajstić information content (AvgIpc) is 2.86. The molecule has 1 aliphatic rings. The minimum Gasteiger partial charge on any atom is -0.344 e. The Morgan fingerprint density at radius 3 is 3.05 bits per heavy atom. The molecule has 5 heteroatoms. The third kappa shape index (κ3) is 2.31. The van der Waals surface area contributed by atoms with Gasteiger partial charge in [0.15, 0.2) is 0 Å². The van der Waals surface area contributed by atoms with Gasteiger partial charge in [0.2, 0.25) is 0 Å². The van der Waals surface area contributed by atoms with E-state index in [-0.39, 0.29) is 5.91 Å². The van der Waals surface area contributed by atoms with Gasteiger partial charge in [0, 0.05) is 32.2 Å². The quantitative estimate of drug-likeness (QED) is 0.923. The van der Waals surface area contributed by atoms with Gasteiger partial charge in [-0.05, 0) is 36.9 Å². The van der Waals surface area contributed by atoms with Crippen molar-refractivity contribution in [3.8, 4) is 0 Å². The Kier molecular flexibility index (Phi) is 3.72. The molecule has 1 saturated heterocycles. The Hall–Kier alpha value is -1.46. The first-order valence-corrected chi connectivity index (χ1v) is 7.80. The molecule has 4 nitrogen and oxygen atoms in total. The highest BCUT2D eigenvalue weighted by molar-refractivity contribution is 7.20. The van der Waals surface area contributed by atoms with E-state index in [0.29, 0.717) is 5.92 Å². The zero-order valence-electron chi connectivity index (χ0n) is 11.8. The molecule has 1 N–H and O–H groups in total. The fraction of sp³-hybridized carbons (Fsp3) is 0.467. The maximum Gasteiger partial charge on any atom is 0.263 e. The second kappa shape index (κ2) is 5.50. The number of carbonyl (C=O) groups excluding carboxylic acids is 1. The topological polar surface area (TPSA) is 45.2 Å². The summed E-state index contributed by atoms with van der Waals surface area (Å²) in [5, 5.41) is 4.59. The Morgan fingerprint density at radius 1 is 1.50 bits per heavy atom. The zero-order chi connectivity index (χ0) is 14.1. The lowest BCUT2D eigenvalue weighted by molar-refractivity contribution is 0.0830. The number of aromatic nitrogens is 1. The van der Waals surface area contributed by atoms with Crippen LogP contribution in [-0.2, 0) is 0 Å². The molecule has 3 rings (SSSR count). The van der Waals surface area contributed by atoms with Crippen molar-refractivity contribution in [3.63, 3.8) is 0 Å². The summed E-state index contributed by atoms with van der Waals surface area (Å²) in [5.41, 5.74) is 1.20. The van der Waals surface area contributed by atoms with Crippen molar-refractivity contribution in [3.05, 3.63) is 28.8 Å². The molecule has 1 aliphatic heterocycles. The first kappa shape index (κ1) is 13.5. The lowest BCUT2D eigenvalue weighted by atomic mass is 9.89. The van der Waals surface area contributed by atoms with Crippen molar-refractivity contribution in [2.24, 2.45) is 0 Å². The fourth-order valence-corrected chi connectivity index (χ4v) is 4.07. The number of thiophene rings is 1. The second-order valence-electron chi connectivity index (χ2n) is 5.44. The Labute approximate surface area is 122 Å². The molecule has 2 aromatic rings. The van der Waals surface area contributed by atoms with Gasteiger partial charge in [-0.25, -0.2) is 4.98 Å². The number of rotatable bonds is 2. The second-order valence-corrected chi connectivity index (χ2v) is 6.44. The molecule has 0 spiro atoms. The summed E-state index contributed by atoms with van der Waals surface area (Å²) in [4.78, 5) is 20.4. The molecule has 3 heterocycles. The highest BCUT2D eigenvalue weighted by Gasteiger charge is 2.27. The monoisotopic (exact) mass is 289 g/mol. The summed E-state index contributed by atoms with van der Waals surface area (Å²) in [6, 6.07) is 4.05. The summed E-state index contributed by atoms with van der Waals surface area (Å²) < 4.78 is 0. The van der Waals surface area contributed by atoms with Gasteiger partial charge < -0.3 is 10.2 Å². The fourth-order valence-electron chi connectivity index (χ4n) is 2.82. The molecule has 1 atom stereocenters. The molecule has 0 aliphatic carbocycles. The molecule has 106 valence electrons. The Bertz CT molecular complexity index is 629. The number of amides is 1. The molecule has 0 radical (unpaired) electrons. The van der Waals surface area contributed by atoms with Crippen LogP contribution in [0.15, 0.2) is 18.3 Å². The minimum absolute atomic E-state index is 0.0913. The van der Waals surface area contributed by atoms with E-state index in [4.69, 9.17) is 0 Å². The average molecular weight is 289 g/mol. The molecule has 0 bridgehead atoms. The van der Waals surface area contributed by atoms with E-state index >= 15 is 0 Å². The molecule has 20 heavy (non-hydrogen) atoms. The van der Waals surface area contributed by atoms with Crippen LogP contribution in [0.1, 0.15) is 34.0 Å². The van der Waals surface area contributed by atoms with Gasteiger partial charge in [-0.3, -0.25) is 4.79 Å². The molecule has 1 fully saturated rings. The standard InChI is InChI=1S/C15H19N3OS/c1-18(2)15(19)13-12(10-5-3-7-16-9-10)11-6-4-8-17-14(11)20-13/h4,6,8,10,16H,3,5,7,9H2,1-2H3. The summed E-state index contributed by atoms with van der Waals surface area (Å²) in [7, 11) is 3.62. The number of carbonyl (C=O) groups is 1. The largest absolute Gasteiger partial charge is 0.344 e. The van der Waals surface area contributed by atoms with Crippen molar-refractivity contribution < 1.29 is 4.79 Å². The Morgan fingerprint density at radius 2 is 2.35 bits per heavy atom. The highest BCUT2D eigenvalue weighted by atomic mass is 32.1. The van der Waals surface area contributed by atoms with Gasteiger partial charge in [0.05, 0.1) is 4.88 Å². The number of pyridine rings is 1. The highest BCUT2D eigenvalue weighted by Crippen LogP contribution is 2.38. The maximum absolute atomic E-state index is 12.5. The van der Waals surface area contributed by atoms with Crippen LogP contribution in [0.5, 0.6) is 0 Å². The predicted octanol–water partition coefficient (Wildman–Crippen LogP) is 2.47. The summed E-state index contributed by atoms with van der Waals surface area (Å²) >= 11 is 1.52. The van der Waals surface area contributed by atoms with Crippen molar-refractivity contribution in [1.29, 1.82) is 0 Å². The van der Waals surface area contributed by atoms with E-state index in [1.165, 1.54) is 16.9 Å². The van der Waals surface area contributed by atoms with Crippen LogP contribution in [0.25, 0.3) is 10.2 Å². The molecule has 1 unspecified atom stereocenters. The molecule has 0 aromatic carbocycles. The molecular weight excluding hydrogens is 270 g/mol. The molecular formula is C15H19N3OS. The van der Waals surface area contributed by atoms with Crippen molar-refractivity contribution >= 4 is 27.5 Å². The lowest BCUT2D eigenvalue weighted by Crippen LogP contribution is -2.30. The van der Waals surface area contributed by atoms with E-state index < -0.39 is 0 Å². The third-order valence-corrected chi connectivity index (χ3v) is 4.93. The minimum atomic E-state index is 0.0913. The smallest absolute Gasteiger partial charge is 0.263 e. The Balaban J connectivity index is 2.14. The van der Waals surface area contributed by atoms with Crippen LogP contribution >= 0.6 is 11.3 Å². The summed E-state index contributed by atoms with van der Waals surface area (Å²) in [6.07, 6.45) is 4.10. The van der Waals surface area contributed by atoms with Gasteiger partial charge >= 0.3 is 0 Å². The van der Waals surface area contributed by atoms with Crippen LogP contribution < -0.4 is 5.32 Å². The van der Waals surface area contributed by atoms with Crippen molar-refractivity contribution in [2.75, 3.05) is 27.2 Å². The van der Waals surface area contributed by atoms with Crippen LogP contribution in [0.4, 0.5) is 0 Å². The third-order valence-electron chi connectivity index (χ3n) is 3.81. The number of nitrogens with one attached hydrogen (secondary N) is 1.